The van der Waals surface area contributed by atoms with E-state index in [4.69, 9.17) is 11.6 Å². The molecule has 90 valence electrons. The maximum Gasteiger partial charge on any atom is 0.129 e. The van der Waals surface area contributed by atoms with Crippen LogP contribution in [0.3, 0.4) is 0 Å². The summed E-state index contributed by atoms with van der Waals surface area (Å²) in [6.07, 6.45) is 5.84. The molecule has 1 unspecified atom stereocenters. The smallest absolute Gasteiger partial charge is 0.129 e. The predicted molar refractivity (Wildman–Crippen MR) is 69.1 cm³/mol. The number of alkyl halides is 1. The lowest BCUT2D eigenvalue weighted by atomic mass is 10.2. The minimum Gasteiger partial charge on any atom is -0.368 e. The summed E-state index contributed by atoms with van der Waals surface area (Å²) in [5.74, 6) is 1.64. The molecule has 1 aromatic heterocycles. The van der Waals surface area contributed by atoms with Crippen molar-refractivity contribution in [2.24, 2.45) is 0 Å². The number of halogens is 1. The number of nitrogens with zero attached hydrogens (tertiary/aromatic N) is 2. The number of rotatable bonds is 7. The summed E-state index contributed by atoms with van der Waals surface area (Å²) in [7, 11) is 0. The monoisotopic (exact) mass is 241 g/mol. The van der Waals surface area contributed by atoms with E-state index in [9.17, 15) is 0 Å². The molecule has 0 aliphatic carbocycles. The molecule has 1 heterocycles. The van der Waals surface area contributed by atoms with Crippen LogP contribution in [0.5, 0.6) is 0 Å². The Morgan fingerprint density at radius 1 is 1.44 bits per heavy atom. The highest BCUT2D eigenvalue weighted by Crippen LogP contribution is 2.09. The average Bonchev–Trinajstić information content (AvgIpc) is 2.27. The summed E-state index contributed by atoms with van der Waals surface area (Å²) in [5.41, 5.74) is 1.10. The van der Waals surface area contributed by atoms with Crippen molar-refractivity contribution in [2.45, 2.75) is 45.6 Å². The van der Waals surface area contributed by atoms with Crippen LogP contribution in [0.4, 0.5) is 5.82 Å². The normalized spacial score (nSPS) is 12.4. The van der Waals surface area contributed by atoms with Gasteiger partial charge in [-0.05, 0) is 26.2 Å². The first-order valence-corrected chi connectivity index (χ1v) is 6.43. The van der Waals surface area contributed by atoms with Gasteiger partial charge in [-0.3, -0.25) is 0 Å². The van der Waals surface area contributed by atoms with Crippen LogP contribution in [-0.4, -0.2) is 21.9 Å². The Bertz CT molecular complexity index is 304. The van der Waals surface area contributed by atoms with Crippen molar-refractivity contribution in [1.29, 1.82) is 0 Å². The molecule has 0 spiro atoms. The van der Waals surface area contributed by atoms with E-state index in [2.05, 4.69) is 29.1 Å². The summed E-state index contributed by atoms with van der Waals surface area (Å²) in [6.45, 7) is 4.30. The molecule has 0 aliphatic heterocycles. The van der Waals surface area contributed by atoms with Gasteiger partial charge in [-0.25, -0.2) is 9.97 Å². The fourth-order valence-electron chi connectivity index (χ4n) is 1.58. The van der Waals surface area contributed by atoms with E-state index in [-0.39, 0.29) is 0 Å². The van der Waals surface area contributed by atoms with Gasteiger partial charge >= 0.3 is 0 Å². The third-order valence-electron chi connectivity index (χ3n) is 2.39. The van der Waals surface area contributed by atoms with Crippen LogP contribution in [0.15, 0.2) is 12.4 Å². The van der Waals surface area contributed by atoms with Crippen LogP contribution in [0, 0.1) is 0 Å². The lowest BCUT2D eigenvalue weighted by Gasteiger charge is -2.13. The Morgan fingerprint density at radius 2 is 2.25 bits per heavy atom. The highest BCUT2D eigenvalue weighted by atomic mass is 35.5. The number of hydrogen-bond donors (Lipinski definition) is 1. The van der Waals surface area contributed by atoms with E-state index >= 15 is 0 Å². The molecule has 16 heavy (non-hydrogen) atoms. The van der Waals surface area contributed by atoms with Crippen molar-refractivity contribution in [3.8, 4) is 0 Å². The molecule has 0 amide bonds. The Morgan fingerprint density at radius 3 is 2.94 bits per heavy atom. The summed E-state index contributed by atoms with van der Waals surface area (Å²) < 4.78 is 0. The molecule has 3 nitrogen and oxygen atoms in total. The maximum absolute atomic E-state index is 5.66. The lowest BCUT2D eigenvalue weighted by Crippen LogP contribution is -2.16. The third kappa shape index (κ3) is 4.79. The van der Waals surface area contributed by atoms with Gasteiger partial charge < -0.3 is 5.32 Å². The van der Waals surface area contributed by atoms with Gasteiger partial charge in [0.05, 0.1) is 0 Å². The van der Waals surface area contributed by atoms with E-state index in [0.717, 1.165) is 43.1 Å². The average molecular weight is 242 g/mol. The molecule has 0 radical (unpaired) electrons. The van der Waals surface area contributed by atoms with Gasteiger partial charge in [0.25, 0.3) is 0 Å². The zero-order chi connectivity index (χ0) is 11.8. The van der Waals surface area contributed by atoms with Crippen LogP contribution in [0.2, 0.25) is 0 Å². The van der Waals surface area contributed by atoms with Gasteiger partial charge in [0.15, 0.2) is 0 Å². The van der Waals surface area contributed by atoms with Crippen molar-refractivity contribution in [3.63, 3.8) is 0 Å². The largest absolute Gasteiger partial charge is 0.368 e. The second-order valence-corrected chi connectivity index (χ2v) is 4.40. The molecule has 0 bridgehead atoms. The van der Waals surface area contributed by atoms with Crippen LogP contribution in [-0.2, 0) is 6.42 Å². The van der Waals surface area contributed by atoms with E-state index in [1.165, 1.54) is 0 Å². The Hall–Kier alpha value is -0.830. The number of hydrogen-bond acceptors (Lipinski definition) is 3. The molecule has 0 fully saturated rings. The van der Waals surface area contributed by atoms with Crippen molar-refractivity contribution in [2.75, 3.05) is 11.2 Å². The van der Waals surface area contributed by atoms with Crippen molar-refractivity contribution >= 4 is 17.4 Å². The first kappa shape index (κ1) is 13.2. The van der Waals surface area contributed by atoms with Gasteiger partial charge in [0.2, 0.25) is 0 Å². The minimum absolute atomic E-state index is 0.406. The third-order valence-corrected chi connectivity index (χ3v) is 2.66. The van der Waals surface area contributed by atoms with E-state index in [0.29, 0.717) is 6.04 Å². The first-order chi connectivity index (χ1) is 7.76. The molecule has 0 saturated carbocycles. The van der Waals surface area contributed by atoms with Gasteiger partial charge in [-0.2, -0.15) is 0 Å². The highest BCUT2D eigenvalue weighted by molar-refractivity contribution is 6.17. The van der Waals surface area contributed by atoms with E-state index in [1.54, 1.807) is 6.33 Å². The van der Waals surface area contributed by atoms with Crippen molar-refractivity contribution in [3.05, 3.63) is 18.1 Å². The van der Waals surface area contributed by atoms with E-state index in [1.807, 2.05) is 6.07 Å². The Balaban J connectivity index is 2.49. The number of aromatic nitrogens is 2. The number of aryl methyl sites for hydroxylation is 1. The van der Waals surface area contributed by atoms with Gasteiger partial charge in [-0.15, -0.1) is 11.6 Å². The quantitative estimate of drug-likeness (QED) is 0.745. The standard InChI is InChI=1S/C12H20ClN3/c1-3-5-11-8-12(15-9-14-11)16-10(2)6-4-7-13/h8-10H,3-7H2,1-2H3,(H,14,15,16). The molecule has 1 rings (SSSR count). The Kier molecular flexibility index (Phi) is 6.16. The van der Waals surface area contributed by atoms with E-state index < -0.39 is 0 Å². The van der Waals surface area contributed by atoms with Crippen LogP contribution >= 0.6 is 11.6 Å². The SMILES string of the molecule is CCCc1cc(NC(C)CCCCl)ncn1. The molecule has 1 aromatic rings. The van der Waals surface area contributed by atoms with Crippen molar-refractivity contribution < 1.29 is 0 Å². The molecular formula is C12H20ClN3. The molecule has 0 aromatic carbocycles. The Labute approximate surface area is 103 Å². The van der Waals surface area contributed by atoms with Crippen LogP contribution in [0.25, 0.3) is 0 Å². The summed E-state index contributed by atoms with van der Waals surface area (Å²) in [4.78, 5) is 8.44. The summed E-state index contributed by atoms with van der Waals surface area (Å²) in [6, 6.07) is 2.43. The maximum atomic E-state index is 5.66. The summed E-state index contributed by atoms with van der Waals surface area (Å²) in [5, 5.41) is 3.37. The summed E-state index contributed by atoms with van der Waals surface area (Å²) >= 11 is 5.66. The molecule has 1 atom stereocenters. The van der Waals surface area contributed by atoms with Crippen molar-refractivity contribution in [1.82, 2.24) is 9.97 Å². The highest BCUT2D eigenvalue weighted by Gasteiger charge is 2.03. The predicted octanol–water partition coefficient (Wildman–Crippen LogP) is 3.25. The zero-order valence-corrected chi connectivity index (χ0v) is 10.8. The topological polar surface area (TPSA) is 37.8 Å². The van der Waals surface area contributed by atoms with Gasteiger partial charge in [-0.1, -0.05) is 13.3 Å². The fraction of sp³-hybridized carbons (Fsp3) is 0.667. The number of nitrogens with one attached hydrogen (secondary N) is 1. The fourth-order valence-corrected chi connectivity index (χ4v) is 1.73. The lowest BCUT2D eigenvalue weighted by molar-refractivity contribution is 0.689. The second kappa shape index (κ2) is 7.44. The number of anilines is 1. The van der Waals surface area contributed by atoms with Gasteiger partial charge in [0, 0.05) is 23.7 Å². The molecular weight excluding hydrogens is 222 g/mol. The molecule has 0 saturated heterocycles. The zero-order valence-electron chi connectivity index (χ0n) is 10.0. The van der Waals surface area contributed by atoms with Crippen LogP contribution in [0.1, 0.15) is 38.8 Å². The van der Waals surface area contributed by atoms with Crippen LogP contribution < -0.4 is 5.32 Å². The molecule has 0 aliphatic rings. The first-order valence-electron chi connectivity index (χ1n) is 5.89. The minimum atomic E-state index is 0.406. The molecule has 1 N–H and O–H groups in total. The molecule has 4 heteroatoms. The second-order valence-electron chi connectivity index (χ2n) is 4.02. The van der Waals surface area contributed by atoms with Gasteiger partial charge in [0.1, 0.15) is 12.1 Å².